The lowest BCUT2D eigenvalue weighted by Gasteiger charge is -2.24. The lowest BCUT2D eigenvalue weighted by molar-refractivity contribution is 0.566. The smallest absolute Gasteiger partial charge is 0.251 e. The van der Waals surface area contributed by atoms with Crippen molar-refractivity contribution in [2.75, 3.05) is 6.26 Å². The summed E-state index contributed by atoms with van der Waals surface area (Å²) >= 11 is 3.68. The van der Waals surface area contributed by atoms with Gasteiger partial charge in [0.2, 0.25) is 0 Å². The van der Waals surface area contributed by atoms with Gasteiger partial charge in [0.25, 0.3) is 5.56 Å². The van der Waals surface area contributed by atoms with Crippen molar-refractivity contribution < 1.29 is 4.21 Å². The first kappa shape index (κ1) is 21.6. The molecule has 1 aromatic carbocycles. The van der Waals surface area contributed by atoms with Crippen molar-refractivity contribution in [3.05, 3.63) is 55.5 Å². The van der Waals surface area contributed by atoms with Gasteiger partial charge in [-0.15, -0.1) is 0 Å². The predicted molar refractivity (Wildman–Crippen MR) is 118 cm³/mol. The van der Waals surface area contributed by atoms with Gasteiger partial charge in [0, 0.05) is 21.4 Å². The predicted octanol–water partition coefficient (Wildman–Crippen LogP) is 3.82. The second-order valence-electron chi connectivity index (χ2n) is 6.89. The lowest BCUT2D eigenvalue weighted by atomic mass is 10.0. The Bertz CT molecular complexity index is 816. The summed E-state index contributed by atoms with van der Waals surface area (Å²) < 4.78 is 16.7. The number of thioether (sulfide) groups is 1. The van der Waals surface area contributed by atoms with Crippen molar-refractivity contribution in [3.8, 4) is 0 Å². The molecule has 142 valence electrons. The molecule has 0 bridgehead atoms. The van der Waals surface area contributed by atoms with Crippen LogP contribution in [0.25, 0.3) is 0 Å². The third-order valence-electron chi connectivity index (χ3n) is 3.73. The van der Waals surface area contributed by atoms with Crippen LogP contribution in [0.3, 0.4) is 0 Å². The molecule has 2 aromatic rings. The highest BCUT2D eigenvalue weighted by Crippen LogP contribution is 2.23. The van der Waals surface area contributed by atoms with Crippen LogP contribution in [-0.4, -0.2) is 25.2 Å². The maximum Gasteiger partial charge on any atom is 0.251 e. The van der Waals surface area contributed by atoms with Crippen LogP contribution in [0.2, 0.25) is 0 Å². The van der Waals surface area contributed by atoms with Gasteiger partial charge in [-0.1, -0.05) is 23.9 Å². The standard InChI is InChI=1S/C18H24IN3O2S2/c1-18(2,3)26(24)22-15(12-5-7-13(19)8-6-12)10-9-14-11-16(23)21-17(20-14)25-4/h5-8,11,15,22H,9-10H2,1-4H3,(H,20,21,23)/t15-,26+/m0/s1. The third-order valence-corrected chi connectivity index (χ3v) is 6.64. The largest absolute Gasteiger partial charge is 0.301 e. The SMILES string of the molecule is CSc1nc(CC[C@H](N[S@](=O)C(C)(C)C)c2ccc(I)cc2)cc(=O)[nH]1. The molecule has 26 heavy (non-hydrogen) atoms. The molecule has 2 atom stereocenters. The first-order valence-corrected chi connectivity index (χ1v) is 11.7. The number of hydrogen-bond donors (Lipinski definition) is 2. The summed E-state index contributed by atoms with van der Waals surface area (Å²) in [6.45, 7) is 5.85. The van der Waals surface area contributed by atoms with Gasteiger partial charge in [-0.25, -0.2) is 13.9 Å². The molecule has 1 heterocycles. The van der Waals surface area contributed by atoms with E-state index in [0.29, 0.717) is 18.0 Å². The number of hydrogen-bond acceptors (Lipinski definition) is 4. The van der Waals surface area contributed by atoms with E-state index in [2.05, 4.69) is 49.4 Å². The van der Waals surface area contributed by atoms with Crippen LogP contribution >= 0.6 is 34.4 Å². The molecule has 0 aliphatic heterocycles. The molecule has 5 nitrogen and oxygen atoms in total. The topological polar surface area (TPSA) is 74.8 Å². The van der Waals surface area contributed by atoms with Crippen LogP contribution in [0.1, 0.15) is 44.5 Å². The van der Waals surface area contributed by atoms with Gasteiger partial charge in [-0.2, -0.15) is 0 Å². The van der Waals surface area contributed by atoms with E-state index < -0.39 is 11.0 Å². The van der Waals surface area contributed by atoms with Crippen LogP contribution in [0, 0.1) is 3.57 Å². The molecule has 1 aromatic heterocycles. The van der Waals surface area contributed by atoms with E-state index in [1.807, 2.05) is 39.2 Å². The first-order chi connectivity index (χ1) is 12.2. The van der Waals surface area contributed by atoms with Crippen molar-refractivity contribution in [1.29, 1.82) is 0 Å². The summed E-state index contributed by atoms with van der Waals surface area (Å²) in [4.78, 5) is 18.9. The lowest BCUT2D eigenvalue weighted by Crippen LogP contribution is -2.36. The average molecular weight is 505 g/mol. The van der Waals surface area contributed by atoms with Crippen molar-refractivity contribution in [1.82, 2.24) is 14.7 Å². The zero-order valence-electron chi connectivity index (χ0n) is 15.3. The Labute approximate surface area is 174 Å². The summed E-state index contributed by atoms with van der Waals surface area (Å²) in [6, 6.07) is 9.65. The van der Waals surface area contributed by atoms with E-state index in [4.69, 9.17) is 0 Å². The first-order valence-electron chi connectivity index (χ1n) is 8.27. The number of aryl methyl sites for hydroxylation is 1. The van der Waals surface area contributed by atoms with Crippen LogP contribution in [0.4, 0.5) is 0 Å². The van der Waals surface area contributed by atoms with E-state index in [1.54, 1.807) is 0 Å². The molecule has 8 heteroatoms. The summed E-state index contributed by atoms with van der Waals surface area (Å²) in [5.41, 5.74) is 1.69. The number of nitrogens with one attached hydrogen (secondary N) is 2. The number of nitrogens with zero attached hydrogens (tertiary/aromatic N) is 1. The molecule has 0 saturated heterocycles. The molecule has 0 spiro atoms. The van der Waals surface area contributed by atoms with Gasteiger partial charge in [-0.05, 0) is 80.2 Å². The minimum atomic E-state index is -1.19. The Morgan fingerprint density at radius 1 is 1.31 bits per heavy atom. The Balaban J connectivity index is 2.21. The van der Waals surface area contributed by atoms with E-state index in [-0.39, 0.29) is 16.3 Å². The average Bonchev–Trinajstić information content (AvgIpc) is 2.57. The maximum atomic E-state index is 12.6. The molecule has 2 N–H and O–H groups in total. The highest BCUT2D eigenvalue weighted by Gasteiger charge is 2.23. The summed E-state index contributed by atoms with van der Waals surface area (Å²) in [7, 11) is -1.19. The number of aromatic nitrogens is 2. The zero-order chi connectivity index (χ0) is 19.3. The van der Waals surface area contributed by atoms with E-state index in [0.717, 1.165) is 14.8 Å². The highest BCUT2D eigenvalue weighted by atomic mass is 127. The molecule has 0 aliphatic carbocycles. The molecule has 0 radical (unpaired) electrons. The Kier molecular flexibility index (Phi) is 7.87. The normalized spacial score (nSPS) is 14.2. The summed E-state index contributed by atoms with van der Waals surface area (Å²) in [5.74, 6) is 0. The van der Waals surface area contributed by atoms with Crippen molar-refractivity contribution in [2.45, 2.75) is 49.6 Å². The van der Waals surface area contributed by atoms with E-state index in [9.17, 15) is 9.00 Å². The van der Waals surface area contributed by atoms with Crippen LogP contribution in [0.15, 0.2) is 40.3 Å². The summed E-state index contributed by atoms with van der Waals surface area (Å²) in [6.07, 6.45) is 3.21. The Morgan fingerprint density at radius 3 is 2.54 bits per heavy atom. The number of halogens is 1. The molecule has 0 saturated carbocycles. The second kappa shape index (κ2) is 9.48. The van der Waals surface area contributed by atoms with E-state index in [1.165, 1.54) is 17.8 Å². The van der Waals surface area contributed by atoms with Crippen molar-refractivity contribution in [2.24, 2.45) is 0 Å². The highest BCUT2D eigenvalue weighted by molar-refractivity contribution is 14.1. The third kappa shape index (κ3) is 6.47. The van der Waals surface area contributed by atoms with Crippen LogP contribution in [0.5, 0.6) is 0 Å². The fraction of sp³-hybridized carbons (Fsp3) is 0.444. The van der Waals surface area contributed by atoms with Gasteiger partial charge in [0.1, 0.15) is 0 Å². The fourth-order valence-corrected chi connectivity index (χ4v) is 3.93. The Hall–Kier alpha value is -0.710. The molecule has 0 aliphatic rings. The van der Waals surface area contributed by atoms with Gasteiger partial charge >= 0.3 is 0 Å². The van der Waals surface area contributed by atoms with Crippen molar-refractivity contribution >= 4 is 45.3 Å². The fourth-order valence-electron chi connectivity index (χ4n) is 2.30. The second-order valence-corrected chi connectivity index (χ2v) is 10.9. The van der Waals surface area contributed by atoms with Gasteiger partial charge in [0.05, 0.1) is 15.7 Å². The minimum Gasteiger partial charge on any atom is -0.301 e. The van der Waals surface area contributed by atoms with E-state index >= 15 is 0 Å². The molecule has 0 unspecified atom stereocenters. The number of benzene rings is 1. The van der Waals surface area contributed by atoms with Gasteiger partial charge in [0.15, 0.2) is 5.16 Å². The maximum absolute atomic E-state index is 12.6. The number of aromatic amines is 1. The minimum absolute atomic E-state index is 0.0779. The molecule has 0 fully saturated rings. The molecular formula is C18H24IN3O2S2. The molecular weight excluding hydrogens is 481 g/mol. The molecule has 0 amide bonds. The van der Waals surface area contributed by atoms with Crippen molar-refractivity contribution in [3.63, 3.8) is 0 Å². The Morgan fingerprint density at radius 2 is 1.96 bits per heavy atom. The van der Waals surface area contributed by atoms with Crippen LogP contribution in [-0.2, 0) is 17.4 Å². The number of H-pyrrole nitrogens is 1. The van der Waals surface area contributed by atoms with Crippen LogP contribution < -0.4 is 10.3 Å². The van der Waals surface area contributed by atoms with Gasteiger partial charge < -0.3 is 4.98 Å². The zero-order valence-corrected chi connectivity index (χ0v) is 19.1. The quantitative estimate of drug-likeness (QED) is 0.341. The molecule has 2 rings (SSSR count). The monoisotopic (exact) mass is 505 g/mol. The van der Waals surface area contributed by atoms with Gasteiger partial charge in [-0.3, -0.25) is 4.79 Å². The number of rotatable bonds is 7. The summed E-state index contributed by atoms with van der Waals surface area (Å²) in [5, 5.41) is 0.615.